The van der Waals surface area contributed by atoms with Crippen LogP contribution in [0.2, 0.25) is 0 Å². The lowest BCUT2D eigenvalue weighted by Crippen LogP contribution is -2.47. The molecule has 3 aromatic heterocycles. The van der Waals surface area contributed by atoms with Gasteiger partial charge in [0, 0.05) is 48.9 Å². The molecule has 4 N–H and O–H groups in total. The van der Waals surface area contributed by atoms with Gasteiger partial charge in [0.2, 0.25) is 0 Å². The van der Waals surface area contributed by atoms with Crippen molar-refractivity contribution in [3.8, 4) is 6.07 Å². The lowest BCUT2D eigenvalue weighted by Gasteiger charge is -2.39. The van der Waals surface area contributed by atoms with Gasteiger partial charge in [0.05, 0.1) is 17.9 Å². The third kappa shape index (κ3) is 3.51. The van der Waals surface area contributed by atoms with Gasteiger partial charge in [0.25, 0.3) is 0 Å². The molecule has 9 nitrogen and oxygen atoms in total. The molecule has 0 saturated carbocycles. The molecule has 150 valence electrons. The van der Waals surface area contributed by atoms with Crippen molar-refractivity contribution in [3.05, 3.63) is 24.2 Å². The Balaban J connectivity index is 1.35. The molecule has 2 aliphatic heterocycles. The minimum absolute atomic E-state index is 0.362. The number of hydrogen-bond acceptors (Lipinski definition) is 7. The van der Waals surface area contributed by atoms with Crippen LogP contribution in [0.4, 0.5) is 17.5 Å². The van der Waals surface area contributed by atoms with Gasteiger partial charge in [0.15, 0.2) is 11.6 Å². The lowest BCUT2D eigenvalue weighted by atomic mass is 9.97. The number of rotatable bonds is 6. The van der Waals surface area contributed by atoms with E-state index in [0.29, 0.717) is 24.5 Å². The highest BCUT2D eigenvalue weighted by atomic mass is 15.2. The molecule has 5 heterocycles. The van der Waals surface area contributed by atoms with Crippen molar-refractivity contribution in [3.63, 3.8) is 0 Å². The number of anilines is 3. The van der Waals surface area contributed by atoms with Crippen LogP contribution in [0.5, 0.6) is 0 Å². The van der Waals surface area contributed by atoms with Gasteiger partial charge in [-0.15, -0.1) is 0 Å². The van der Waals surface area contributed by atoms with E-state index >= 15 is 0 Å². The smallest absolute Gasteiger partial charge is 0.156 e. The standard InChI is InChI=1S/C20H25N9/c1-12-7-18(28-27-12)25-17-10-16-19(23-11-22-16)20(26-17)24-13-8-14-3-4-15(9-13)29(14)6-2-5-21/h7,10-11,13-15H,2-4,6,8-9H2,1H3,(H,22,23)(H3,24,25,26,27,28)/t13-,14-,15+. The van der Waals surface area contributed by atoms with Crippen LogP contribution in [0.25, 0.3) is 11.0 Å². The number of nitrogens with zero attached hydrogens (tertiary/aromatic N) is 5. The fourth-order valence-corrected chi connectivity index (χ4v) is 4.85. The maximum Gasteiger partial charge on any atom is 0.156 e. The molecule has 0 unspecified atom stereocenters. The lowest BCUT2D eigenvalue weighted by molar-refractivity contribution is 0.136. The molecule has 2 bridgehead atoms. The zero-order valence-corrected chi connectivity index (χ0v) is 16.4. The Morgan fingerprint density at radius 2 is 2.07 bits per heavy atom. The van der Waals surface area contributed by atoms with E-state index in [1.165, 1.54) is 12.8 Å². The highest BCUT2D eigenvalue weighted by Crippen LogP contribution is 2.37. The molecular formula is C20H25N9. The van der Waals surface area contributed by atoms with E-state index < -0.39 is 0 Å². The molecule has 3 atom stereocenters. The molecule has 5 rings (SSSR count). The minimum atomic E-state index is 0.362. The van der Waals surface area contributed by atoms with E-state index in [2.05, 4.69) is 41.8 Å². The summed E-state index contributed by atoms with van der Waals surface area (Å²) in [6.45, 7) is 2.86. The number of H-pyrrole nitrogens is 2. The highest BCUT2D eigenvalue weighted by molar-refractivity contribution is 5.88. The van der Waals surface area contributed by atoms with E-state index in [-0.39, 0.29) is 0 Å². The summed E-state index contributed by atoms with van der Waals surface area (Å²) in [5.74, 6) is 2.27. The first kappa shape index (κ1) is 17.9. The SMILES string of the molecule is Cc1cc(Nc2cc3[nH]cnc3c(N[C@@H]3C[C@H]4CC[C@@H](C3)N4CCC#N)n2)n[nH]1. The summed E-state index contributed by atoms with van der Waals surface area (Å²) in [6, 6.07) is 7.66. The maximum atomic E-state index is 8.93. The van der Waals surface area contributed by atoms with Crippen molar-refractivity contribution in [1.82, 2.24) is 30.0 Å². The molecule has 2 aliphatic rings. The first-order chi connectivity index (χ1) is 14.2. The van der Waals surface area contributed by atoms with Crippen LogP contribution in [-0.4, -0.2) is 54.7 Å². The van der Waals surface area contributed by atoms with Gasteiger partial charge in [-0.2, -0.15) is 10.4 Å². The van der Waals surface area contributed by atoms with Crippen LogP contribution < -0.4 is 10.6 Å². The Hall–Kier alpha value is -3.12. The molecule has 9 heteroatoms. The number of aryl methyl sites for hydroxylation is 1. The number of imidazole rings is 1. The molecule has 29 heavy (non-hydrogen) atoms. The quantitative estimate of drug-likeness (QED) is 0.509. The van der Waals surface area contributed by atoms with Crippen molar-refractivity contribution in [2.75, 3.05) is 17.2 Å². The van der Waals surface area contributed by atoms with E-state index in [1.54, 1.807) is 6.33 Å². The predicted octanol–water partition coefficient (Wildman–Crippen LogP) is 3.05. The molecule has 2 saturated heterocycles. The number of pyridine rings is 1. The molecule has 0 aromatic carbocycles. The number of fused-ring (bicyclic) bond motifs is 3. The fourth-order valence-electron chi connectivity index (χ4n) is 4.85. The average molecular weight is 391 g/mol. The van der Waals surface area contributed by atoms with E-state index in [0.717, 1.165) is 53.6 Å². The van der Waals surface area contributed by atoms with Gasteiger partial charge in [-0.1, -0.05) is 0 Å². The molecule has 0 radical (unpaired) electrons. The van der Waals surface area contributed by atoms with Crippen molar-refractivity contribution in [2.45, 2.75) is 57.2 Å². The van der Waals surface area contributed by atoms with Crippen molar-refractivity contribution >= 4 is 28.5 Å². The monoisotopic (exact) mass is 391 g/mol. The van der Waals surface area contributed by atoms with Gasteiger partial charge in [0.1, 0.15) is 11.3 Å². The number of aromatic amines is 2. The number of piperidine rings is 1. The second-order valence-corrected chi connectivity index (χ2v) is 8.06. The summed E-state index contributed by atoms with van der Waals surface area (Å²) < 4.78 is 0. The molecule has 2 fully saturated rings. The Morgan fingerprint density at radius 1 is 1.24 bits per heavy atom. The Labute approximate surface area is 168 Å². The summed E-state index contributed by atoms with van der Waals surface area (Å²) >= 11 is 0. The third-order valence-corrected chi connectivity index (χ3v) is 6.08. The number of aromatic nitrogens is 5. The van der Waals surface area contributed by atoms with Crippen molar-refractivity contribution in [1.29, 1.82) is 5.26 Å². The molecule has 3 aromatic rings. The molecule has 0 aliphatic carbocycles. The van der Waals surface area contributed by atoms with Crippen LogP contribution in [0.15, 0.2) is 18.5 Å². The fraction of sp³-hybridized carbons (Fsp3) is 0.500. The summed E-state index contributed by atoms with van der Waals surface area (Å²) in [6.07, 6.45) is 6.91. The van der Waals surface area contributed by atoms with Gasteiger partial charge < -0.3 is 15.6 Å². The maximum absolute atomic E-state index is 8.93. The van der Waals surface area contributed by atoms with Crippen LogP contribution in [0.1, 0.15) is 37.8 Å². The normalized spacial score (nSPS) is 23.9. The Bertz CT molecular complexity index is 1030. The second-order valence-electron chi connectivity index (χ2n) is 8.06. The summed E-state index contributed by atoms with van der Waals surface area (Å²) in [4.78, 5) is 15.0. The number of nitriles is 1. The molecule has 0 amide bonds. The summed E-state index contributed by atoms with van der Waals surface area (Å²) in [5, 5.41) is 23.0. The van der Waals surface area contributed by atoms with E-state index in [4.69, 9.17) is 10.2 Å². The van der Waals surface area contributed by atoms with Gasteiger partial charge in [-0.3, -0.25) is 10.00 Å². The molecule has 0 spiro atoms. The summed E-state index contributed by atoms with van der Waals surface area (Å²) in [5.41, 5.74) is 2.78. The number of hydrogen-bond donors (Lipinski definition) is 4. The highest BCUT2D eigenvalue weighted by Gasteiger charge is 2.40. The average Bonchev–Trinajstić information content (AvgIpc) is 3.39. The number of nitrogens with one attached hydrogen (secondary N) is 4. The zero-order chi connectivity index (χ0) is 19.8. The van der Waals surface area contributed by atoms with Crippen LogP contribution in [0, 0.1) is 18.3 Å². The minimum Gasteiger partial charge on any atom is -0.365 e. The van der Waals surface area contributed by atoms with Crippen LogP contribution in [0.3, 0.4) is 0 Å². The first-order valence-corrected chi connectivity index (χ1v) is 10.2. The largest absolute Gasteiger partial charge is 0.365 e. The molecular weight excluding hydrogens is 366 g/mol. The second kappa shape index (κ2) is 7.37. The first-order valence-electron chi connectivity index (χ1n) is 10.2. The third-order valence-electron chi connectivity index (χ3n) is 6.08. The van der Waals surface area contributed by atoms with Gasteiger partial charge in [-0.05, 0) is 32.6 Å². The van der Waals surface area contributed by atoms with Gasteiger partial charge >= 0.3 is 0 Å². The van der Waals surface area contributed by atoms with Crippen molar-refractivity contribution in [2.24, 2.45) is 0 Å². The zero-order valence-electron chi connectivity index (χ0n) is 16.4. The van der Waals surface area contributed by atoms with E-state index in [1.807, 2.05) is 19.1 Å². The van der Waals surface area contributed by atoms with Gasteiger partial charge in [-0.25, -0.2) is 9.97 Å². The Kier molecular flexibility index (Phi) is 4.56. The predicted molar refractivity (Wildman–Crippen MR) is 111 cm³/mol. The van der Waals surface area contributed by atoms with Crippen LogP contribution in [-0.2, 0) is 0 Å². The topological polar surface area (TPSA) is 121 Å². The van der Waals surface area contributed by atoms with E-state index in [9.17, 15) is 0 Å². The van der Waals surface area contributed by atoms with Crippen LogP contribution >= 0.6 is 0 Å². The summed E-state index contributed by atoms with van der Waals surface area (Å²) in [7, 11) is 0. The van der Waals surface area contributed by atoms with Crippen molar-refractivity contribution < 1.29 is 0 Å². The Morgan fingerprint density at radius 3 is 2.79 bits per heavy atom.